The first-order chi connectivity index (χ1) is 10.7. The van der Waals surface area contributed by atoms with Crippen LogP contribution >= 0.6 is 0 Å². The van der Waals surface area contributed by atoms with Gasteiger partial charge in [0.15, 0.2) is 6.19 Å². The zero-order valence-corrected chi connectivity index (χ0v) is 11.7. The maximum absolute atomic E-state index is 11.5. The Morgan fingerprint density at radius 3 is 2.77 bits per heavy atom. The van der Waals surface area contributed by atoms with Crippen LogP contribution in [0.25, 0.3) is 0 Å². The van der Waals surface area contributed by atoms with Gasteiger partial charge in [-0.25, -0.2) is 10.1 Å². The second kappa shape index (κ2) is 7.40. The van der Waals surface area contributed by atoms with Crippen molar-refractivity contribution in [2.45, 2.75) is 0 Å². The Kier molecular flexibility index (Phi) is 5.04. The fourth-order valence-corrected chi connectivity index (χ4v) is 1.56. The van der Waals surface area contributed by atoms with Crippen molar-refractivity contribution >= 4 is 17.7 Å². The van der Waals surface area contributed by atoms with E-state index in [1.807, 2.05) is 6.07 Å². The third-order valence-corrected chi connectivity index (χ3v) is 2.50. The Hall–Kier alpha value is -3.40. The Bertz CT molecular complexity index is 723. The summed E-state index contributed by atoms with van der Waals surface area (Å²) in [6, 6.07) is 10.3. The summed E-state index contributed by atoms with van der Waals surface area (Å²) >= 11 is 0. The van der Waals surface area contributed by atoms with Gasteiger partial charge in [-0.3, -0.25) is 4.98 Å². The minimum absolute atomic E-state index is 0.0301. The van der Waals surface area contributed by atoms with Crippen LogP contribution in [0.5, 0.6) is 5.75 Å². The highest BCUT2D eigenvalue weighted by molar-refractivity contribution is 5.90. The number of ether oxygens (including phenoxy) is 2. The molecular formula is C15H12N4O3. The maximum Gasteiger partial charge on any atom is 0.339 e. The van der Waals surface area contributed by atoms with E-state index in [2.05, 4.69) is 20.0 Å². The molecule has 0 saturated carbocycles. The van der Waals surface area contributed by atoms with Crippen LogP contribution < -0.4 is 10.1 Å². The molecule has 2 aromatic rings. The molecule has 1 aromatic carbocycles. The summed E-state index contributed by atoms with van der Waals surface area (Å²) in [4.78, 5) is 19.5. The van der Waals surface area contributed by atoms with Crippen molar-refractivity contribution in [1.29, 1.82) is 5.26 Å². The lowest BCUT2D eigenvalue weighted by molar-refractivity contribution is 0.0600. The first-order valence-electron chi connectivity index (χ1n) is 6.23. The van der Waals surface area contributed by atoms with E-state index in [9.17, 15) is 4.79 Å². The number of amidine groups is 1. The number of aliphatic imine (C=N–C) groups is 1. The first-order valence-corrected chi connectivity index (χ1v) is 6.23. The molecule has 22 heavy (non-hydrogen) atoms. The lowest BCUT2D eigenvalue weighted by atomic mass is 10.3. The summed E-state index contributed by atoms with van der Waals surface area (Å²) in [6.07, 6.45) is 4.53. The van der Waals surface area contributed by atoms with Crippen LogP contribution in [0.2, 0.25) is 0 Å². The smallest absolute Gasteiger partial charge is 0.339 e. The van der Waals surface area contributed by atoms with Crippen LogP contribution in [0.1, 0.15) is 10.4 Å². The Morgan fingerprint density at radius 2 is 2.09 bits per heavy atom. The molecule has 7 heteroatoms. The van der Waals surface area contributed by atoms with E-state index in [1.165, 1.54) is 25.6 Å². The third-order valence-electron chi connectivity index (χ3n) is 2.50. The molecule has 0 aliphatic carbocycles. The molecule has 0 radical (unpaired) electrons. The number of carbonyl (C=O) groups is 1. The van der Waals surface area contributed by atoms with Gasteiger partial charge in [0.25, 0.3) is 0 Å². The van der Waals surface area contributed by atoms with Crippen LogP contribution in [-0.4, -0.2) is 24.1 Å². The van der Waals surface area contributed by atoms with Crippen molar-refractivity contribution in [3.63, 3.8) is 0 Å². The van der Waals surface area contributed by atoms with E-state index in [-0.39, 0.29) is 11.6 Å². The van der Waals surface area contributed by atoms with Gasteiger partial charge >= 0.3 is 12.0 Å². The molecule has 0 aliphatic heterocycles. The van der Waals surface area contributed by atoms with E-state index in [0.717, 1.165) is 0 Å². The van der Waals surface area contributed by atoms with Gasteiger partial charge in [0.2, 0.25) is 0 Å². The number of nitriles is 1. The van der Waals surface area contributed by atoms with Gasteiger partial charge in [0.1, 0.15) is 5.75 Å². The number of benzene rings is 1. The second-order valence-corrected chi connectivity index (χ2v) is 3.99. The van der Waals surface area contributed by atoms with Crippen molar-refractivity contribution in [3.8, 4) is 11.9 Å². The standard InChI is InChI=1S/C15H12N4O3/c1-21-14(20)11-7-12(9-17-8-11)19-15(18-10-16)22-13-5-3-2-4-6-13/h2-9H,1H3,(H,18,19). The van der Waals surface area contributed by atoms with Crippen molar-refractivity contribution in [3.05, 3.63) is 54.4 Å². The number of esters is 1. The minimum atomic E-state index is -0.525. The van der Waals surface area contributed by atoms with Crippen molar-refractivity contribution in [1.82, 2.24) is 10.3 Å². The third kappa shape index (κ3) is 4.05. The molecule has 2 rings (SSSR count). The topological polar surface area (TPSA) is 96.6 Å². The zero-order chi connectivity index (χ0) is 15.8. The van der Waals surface area contributed by atoms with Gasteiger partial charge in [-0.2, -0.15) is 10.3 Å². The number of hydrogen-bond donors (Lipinski definition) is 1. The van der Waals surface area contributed by atoms with Gasteiger partial charge in [-0.1, -0.05) is 18.2 Å². The predicted octanol–water partition coefficient (Wildman–Crippen LogP) is 2.01. The van der Waals surface area contributed by atoms with Gasteiger partial charge in [-0.15, -0.1) is 0 Å². The number of pyridine rings is 1. The van der Waals surface area contributed by atoms with Crippen LogP contribution in [0, 0.1) is 11.5 Å². The lowest BCUT2D eigenvalue weighted by Crippen LogP contribution is -2.24. The maximum atomic E-state index is 11.5. The number of hydrogen-bond acceptors (Lipinski definition) is 6. The SMILES string of the molecule is COC(=O)c1cncc(N=C(NC#N)Oc2ccccc2)c1. The van der Waals surface area contributed by atoms with Gasteiger partial charge in [0.05, 0.1) is 24.6 Å². The highest BCUT2D eigenvalue weighted by atomic mass is 16.5. The predicted molar refractivity (Wildman–Crippen MR) is 78.5 cm³/mol. The van der Waals surface area contributed by atoms with Gasteiger partial charge in [-0.05, 0) is 18.2 Å². The van der Waals surface area contributed by atoms with E-state index in [4.69, 9.17) is 10.00 Å². The average molecular weight is 296 g/mol. The number of nitrogens with zero attached hydrogens (tertiary/aromatic N) is 3. The molecule has 1 N–H and O–H groups in total. The number of carbonyl (C=O) groups excluding carboxylic acids is 1. The molecular weight excluding hydrogens is 284 g/mol. The van der Waals surface area contributed by atoms with Gasteiger partial charge < -0.3 is 9.47 Å². The summed E-state index contributed by atoms with van der Waals surface area (Å²) in [7, 11) is 1.28. The molecule has 1 heterocycles. The summed E-state index contributed by atoms with van der Waals surface area (Å²) in [5.74, 6) is -0.00981. The molecule has 0 atom stereocenters. The highest BCUT2D eigenvalue weighted by Crippen LogP contribution is 2.15. The number of aromatic nitrogens is 1. The van der Waals surface area contributed by atoms with Crippen LogP contribution in [0.15, 0.2) is 53.8 Å². The Morgan fingerprint density at radius 1 is 1.32 bits per heavy atom. The normalized spacial score (nSPS) is 10.5. The van der Waals surface area contributed by atoms with E-state index in [0.29, 0.717) is 11.4 Å². The van der Waals surface area contributed by atoms with Crippen molar-refractivity contribution in [2.75, 3.05) is 7.11 Å². The van der Waals surface area contributed by atoms with Crippen LogP contribution in [0.3, 0.4) is 0 Å². The first kappa shape index (κ1) is 15.0. The summed E-state index contributed by atoms with van der Waals surface area (Å²) in [6.45, 7) is 0. The van der Waals surface area contributed by atoms with Gasteiger partial charge in [0, 0.05) is 6.20 Å². The quantitative estimate of drug-likeness (QED) is 0.306. The Balaban J connectivity index is 2.26. The molecule has 7 nitrogen and oxygen atoms in total. The number of para-hydroxylation sites is 1. The molecule has 0 spiro atoms. The molecule has 1 aromatic heterocycles. The number of methoxy groups -OCH3 is 1. The van der Waals surface area contributed by atoms with Crippen molar-refractivity contribution in [2.24, 2.45) is 4.99 Å². The molecule has 110 valence electrons. The van der Waals surface area contributed by atoms with E-state index >= 15 is 0 Å². The largest absolute Gasteiger partial charge is 0.465 e. The summed E-state index contributed by atoms with van der Waals surface area (Å²) in [5, 5.41) is 11.1. The molecule has 0 saturated heterocycles. The number of rotatable bonds is 3. The zero-order valence-electron chi connectivity index (χ0n) is 11.7. The molecule has 0 fully saturated rings. The monoisotopic (exact) mass is 296 g/mol. The fraction of sp³-hybridized carbons (Fsp3) is 0.0667. The molecule has 0 bridgehead atoms. The summed E-state index contributed by atoms with van der Waals surface area (Å²) < 4.78 is 10.1. The average Bonchev–Trinajstić information content (AvgIpc) is 2.55. The van der Waals surface area contributed by atoms with E-state index < -0.39 is 5.97 Å². The highest BCUT2D eigenvalue weighted by Gasteiger charge is 2.08. The Labute approximate surface area is 126 Å². The van der Waals surface area contributed by atoms with Crippen LogP contribution in [0.4, 0.5) is 5.69 Å². The molecule has 0 aliphatic rings. The second-order valence-electron chi connectivity index (χ2n) is 3.99. The minimum Gasteiger partial charge on any atom is -0.465 e. The number of nitrogens with one attached hydrogen (secondary N) is 1. The summed E-state index contributed by atoms with van der Waals surface area (Å²) in [5.41, 5.74) is 0.594. The van der Waals surface area contributed by atoms with Crippen molar-refractivity contribution < 1.29 is 14.3 Å². The van der Waals surface area contributed by atoms with E-state index in [1.54, 1.807) is 30.5 Å². The lowest BCUT2D eigenvalue weighted by Gasteiger charge is -2.06. The molecule has 0 amide bonds. The molecule has 0 unspecified atom stereocenters. The fourth-order valence-electron chi connectivity index (χ4n) is 1.56. The van der Waals surface area contributed by atoms with Crippen LogP contribution in [-0.2, 0) is 4.74 Å².